The topological polar surface area (TPSA) is 116 Å². The van der Waals surface area contributed by atoms with Gasteiger partial charge in [0.05, 0.1) is 46.7 Å². The first-order chi connectivity index (χ1) is 20.7. The van der Waals surface area contributed by atoms with Gasteiger partial charge >= 0.3 is 11.9 Å². The first kappa shape index (κ1) is 29.8. The number of ether oxygens (including phenoxy) is 3. The van der Waals surface area contributed by atoms with Crippen molar-refractivity contribution in [1.29, 1.82) is 0 Å². The number of fused-ring (bicyclic) bond motifs is 1. The number of halogens is 1. The molecule has 1 atom stereocenters. The maximum Gasteiger partial charge on any atom is 0.338 e. The first-order valence-electron chi connectivity index (χ1n) is 13.3. The maximum atomic E-state index is 13.9. The van der Waals surface area contributed by atoms with Gasteiger partial charge in [-0.1, -0.05) is 72.3 Å². The van der Waals surface area contributed by atoms with Crippen molar-refractivity contribution < 1.29 is 28.9 Å². The summed E-state index contributed by atoms with van der Waals surface area (Å²) in [5.41, 5.74) is 2.88. The summed E-state index contributed by atoms with van der Waals surface area (Å²) in [6.45, 7) is 2.04. The molecule has 1 N–H and O–H groups in total. The summed E-state index contributed by atoms with van der Waals surface area (Å²) < 4.78 is 18.5. The number of nitrogens with zero attached hydrogens (tertiary/aromatic N) is 2. The molecule has 9 nitrogen and oxygen atoms in total. The van der Waals surface area contributed by atoms with E-state index in [2.05, 4.69) is 4.99 Å². The number of carbonyl (C=O) groups excluding carboxylic acids is 1. The Kier molecular flexibility index (Phi) is 8.79. The number of methoxy groups -OCH3 is 2. The summed E-state index contributed by atoms with van der Waals surface area (Å²) in [6.07, 6.45) is 2.18. The average molecular weight is 619 g/mol. The van der Waals surface area contributed by atoms with E-state index in [4.69, 9.17) is 30.9 Å². The van der Waals surface area contributed by atoms with Crippen LogP contribution in [0.1, 0.15) is 46.4 Å². The summed E-state index contributed by atoms with van der Waals surface area (Å²) in [6, 6.07) is 18.3. The number of carboxylic acids is 1. The third-order valence-corrected chi connectivity index (χ3v) is 8.16. The van der Waals surface area contributed by atoms with Crippen molar-refractivity contribution in [3.63, 3.8) is 0 Å². The molecule has 0 spiro atoms. The lowest BCUT2D eigenvalue weighted by Gasteiger charge is -2.25. The standard InChI is InChI=1S/C32H27ClN2O7S/c1-4-23-26(31(39)41-3)27(20-8-6-5-7-9-20)35-29(36)25(43-32(35)34-23)16-19-14-22(33)28(24(15-19)40-2)42-17-18-10-12-21(13-11-18)30(37)38/h5-16,27H,4,17H2,1-3H3,(H,37,38)/b25-16-/t27-/m1/s1. The minimum Gasteiger partial charge on any atom is -0.493 e. The average Bonchev–Trinajstić information content (AvgIpc) is 3.33. The Morgan fingerprint density at radius 3 is 2.44 bits per heavy atom. The second kappa shape index (κ2) is 12.7. The van der Waals surface area contributed by atoms with Gasteiger partial charge in [0.15, 0.2) is 16.3 Å². The molecule has 0 unspecified atom stereocenters. The Balaban J connectivity index is 1.54. The number of hydrogen-bond donors (Lipinski definition) is 1. The summed E-state index contributed by atoms with van der Waals surface area (Å²) >= 11 is 7.82. The molecule has 220 valence electrons. The normalized spacial score (nSPS) is 14.6. The van der Waals surface area contributed by atoms with Gasteiger partial charge in [0.25, 0.3) is 5.56 Å². The number of aromatic carboxylic acids is 1. The van der Waals surface area contributed by atoms with Crippen LogP contribution in [0.5, 0.6) is 11.5 Å². The molecule has 4 aromatic rings. The fraction of sp³-hybridized carbons (Fsp3) is 0.188. The van der Waals surface area contributed by atoms with Crippen LogP contribution in [0.3, 0.4) is 0 Å². The van der Waals surface area contributed by atoms with Crippen molar-refractivity contribution in [3.05, 3.63) is 125 Å². The highest BCUT2D eigenvalue weighted by molar-refractivity contribution is 7.07. The van der Waals surface area contributed by atoms with Crippen LogP contribution < -0.4 is 24.4 Å². The van der Waals surface area contributed by atoms with Gasteiger partial charge < -0.3 is 19.3 Å². The van der Waals surface area contributed by atoms with Crippen LogP contribution in [0.25, 0.3) is 6.08 Å². The SMILES string of the molecule is CCC1=C(C(=O)OC)[C@@H](c2ccccc2)n2c(s/c(=C\c3cc(Cl)c(OCc4ccc(C(=O)O)cc4)c(OC)c3)c2=O)=N1. The largest absolute Gasteiger partial charge is 0.493 e. The number of benzene rings is 3. The van der Waals surface area contributed by atoms with Crippen LogP contribution in [-0.2, 0) is 16.1 Å². The van der Waals surface area contributed by atoms with Gasteiger partial charge in [-0.2, -0.15) is 0 Å². The number of rotatable bonds is 9. The Morgan fingerprint density at radius 1 is 1.09 bits per heavy atom. The monoisotopic (exact) mass is 618 g/mol. The summed E-state index contributed by atoms with van der Waals surface area (Å²) in [5, 5.41) is 9.37. The van der Waals surface area contributed by atoms with Crippen molar-refractivity contribution in [2.24, 2.45) is 4.99 Å². The van der Waals surface area contributed by atoms with Gasteiger partial charge in [0.1, 0.15) is 6.61 Å². The van der Waals surface area contributed by atoms with Gasteiger partial charge in [-0.25, -0.2) is 14.6 Å². The molecule has 5 rings (SSSR count). The zero-order chi connectivity index (χ0) is 30.7. The number of thiazole rings is 1. The molecular formula is C32H27ClN2O7S. The van der Waals surface area contributed by atoms with E-state index in [0.717, 1.165) is 11.1 Å². The molecule has 1 aromatic heterocycles. The van der Waals surface area contributed by atoms with Crippen molar-refractivity contribution in [3.8, 4) is 11.5 Å². The molecule has 0 saturated heterocycles. The van der Waals surface area contributed by atoms with Crippen LogP contribution >= 0.6 is 22.9 Å². The van der Waals surface area contributed by atoms with Crippen LogP contribution in [0.4, 0.5) is 0 Å². The summed E-state index contributed by atoms with van der Waals surface area (Å²) in [7, 11) is 2.80. The number of carbonyl (C=O) groups is 2. The van der Waals surface area contributed by atoms with Crippen molar-refractivity contribution in [1.82, 2.24) is 4.57 Å². The zero-order valence-electron chi connectivity index (χ0n) is 23.5. The predicted octanol–water partition coefficient (Wildman–Crippen LogP) is 4.74. The smallest absolute Gasteiger partial charge is 0.338 e. The van der Waals surface area contributed by atoms with Crippen LogP contribution in [0.2, 0.25) is 5.02 Å². The fourth-order valence-electron chi connectivity index (χ4n) is 4.83. The number of esters is 1. The number of hydrogen-bond acceptors (Lipinski definition) is 8. The first-order valence-corrected chi connectivity index (χ1v) is 14.5. The van der Waals surface area contributed by atoms with Crippen LogP contribution in [0, 0.1) is 0 Å². The number of carboxylic acid groups (broad SMARTS) is 1. The fourth-order valence-corrected chi connectivity index (χ4v) is 6.12. The molecule has 0 saturated carbocycles. The molecule has 0 aliphatic carbocycles. The van der Waals surface area contributed by atoms with Crippen LogP contribution in [-0.4, -0.2) is 35.8 Å². The van der Waals surface area contributed by atoms with E-state index < -0.39 is 18.0 Å². The van der Waals surface area contributed by atoms with E-state index in [1.165, 1.54) is 42.3 Å². The Bertz CT molecular complexity index is 1910. The van der Waals surface area contributed by atoms with E-state index in [1.54, 1.807) is 30.3 Å². The molecular weight excluding hydrogens is 592 g/mol. The lowest BCUT2D eigenvalue weighted by atomic mass is 9.95. The third-order valence-electron chi connectivity index (χ3n) is 6.90. The third kappa shape index (κ3) is 5.97. The quantitative estimate of drug-likeness (QED) is 0.269. The summed E-state index contributed by atoms with van der Waals surface area (Å²) in [5.74, 6) is -0.874. The van der Waals surface area contributed by atoms with E-state index in [9.17, 15) is 14.4 Å². The minimum absolute atomic E-state index is 0.135. The van der Waals surface area contributed by atoms with E-state index >= 15 is 0 Å². The molecule has 0 radical (unpaired) electrons. The molecule has 3 aromatic carbocycles. The van der Waals surface area contributed by atoms with Gasteiger partial charge in [0.2, 0.25) is 0 Å². The number of allylic oxidation sites excluding steroid dienone is 1. The highest BCUT2D eigenvalue weighted by atomic mass is 35.5. The van der Waals surface area contributed by atoms with Gasteiger partial charge in [0, 0.05) is 0 Å². The number of aromatic nitrogens is 1. The maximum absolute atomic E-state index is 13.9. The zero-order valence-corrected chi connectivity index (χ0v) is 25.1. The lowest BCUT2D eigenvalue weighted by molar-refractivity contribution is -0.136. The molecule has 11 heteroatoms. The van der Waals surface area contributed by atoms with E-state index in [-0.39, 0.29) is 22.8 Å². The van der Waals surface area contributed by atoms with Crippen molar-refractivity contribution >= 4 is 41.0 Å². The highest BCUT2D eigenvalue weighted by Crippen LogP contribution is 2.37. The molecule has 2 heterocycles. The van der Waals surface area contributed by atoms with E-state index in [1.807, 2.05) is 37.3 Å². The molecule has 43 heavy (non-hydrogen) atoms. The molecule has 0 bridgehead atoms. The second-order valence-corrected chi connectivity index (χ2v) is 10.9. The summed E-state index contributed by atoms with van der Waals surface area (Å²) in [4.78, 5) is 43.1. The Labute approximate surface area is 255 Å². The lowest BCUT2D eigenvalue weighted by Crippen LogP contribution is -2.40. The second-order valence-electron chi connectivity index (χ2n) is 9.52. The highest BCUT2D eigenvalue weighted by Gasteiger charge is 2.33. The predicted molar refractivity (Wildman–Crippen MR) is 163 cm³/mol. The Hall–Kier alpha value is -4.67. The molecule has 1 aliphatic rings. The van der Waals surface area contributed by atoms with Crippen LogP contribution in [0.15, 0.2) is 87.8 Å². The van der Waals surface area contributed by atoms with Gasteiger partial charge in [-0.3, -0.25) is 9.36 Å². The Morgan fingerprint density at radius 2 is 1.81 bits per heavy atom. The van der Waals surface area contributed by atoms with E-state index in [0.29, 0.717) is 44.1 Å². The molecule has 0 amide bonds. The minimum atomic E-state index is -1.01. The molecule has 1 aliphatic heterocycles. The van der Waals surface area contributed by atoms with Crippen molar-refractivity contribution in [2.75, 3.05) is 14.2 Å². The molecule has 0 fully saturated rings. The van der Waals surface area contributed by atoms with Gasteiger partial charge in [-0.05, 0) is 53.5 Å². The van der Waals surface area contributed by atoms with Gasteiger partial charge in [-0.15, -0.1) is 0 Å². The van der Waals surface area contributed by atoms with Crippen molar-refractivity contribution in [2.45, 2.75) is 26.0 Å².